The molecule has 4 nitrogen and oxygen atoms in total. The second-order valence-electron chi connectivity index (χ2n) is 2.18. The van der Waals surface area contributed by atoms with Crippen molar-refractivity contribution in [2.24, 2.45) is 0 Å². The Labute approximate surface area is 81.4 Å². The van der Waals surface area contributed by atoms with Crippen LogP contribution in [0.15, 0.2) is 22.6 Å². The zero-order chi connectivity index (χ0) is 8.39. The van der Waals surface area contributed by atoms with Crippen LogP contribution in [0.2, 0.25) is 0 Å². The van der Waals surface area contributed by atoms with E-state index in [0.717, 1.165) is 15.5 Å². The smallest absolute Gasteiger partial charge is 0.183 e. The topological polar surface area (TPSA) is 43.6 Å². The highest BCUT2D eigenvalue weighted by atomic mass is 79.9. The lowest BCUT2D eigenvalue weighted by molar-refractivity contribution is 0.776. The molecule has 0 atom stereocenters. The molecule has 0 spiro atoms. The molecule has 0 aliphatic heterocycles. The molecule has 0 amide bonds. The largest absolute Gasteiger partial charge is 0.331 e. The van der Waals surface area contributed by atoms with Crippen molar-refractivity contribution >= 4 is 27.3 Å². The van der Waals surface area contributed by atoms with Crippen molar-refractivity contribution in [3.63, 3.8) is 0 Å². The molecule has 0 unspecified atom stereocenters. The Bertz CT molecular complexity index is 355. The summed E-state index contributed by atoms with van der Waals surface area (Å²) in [5, 5.41) is 8.78. The van der Waals surface area contributed by atoms with Gasteiger partial charge in [-0.05, 0) is 15.9 Å². The molecule has 0 saturated heterocycles. The molecule has 0 saturated carbocycles. The third-order valence-electron chi connectivity index (χ3n) is 1.32. The Kier molecular flexibility index (Phi) is 2.18. The van der Waals surface area contributed by atoms with Gasteiger partial charge in [-0.2, -0.15) is 0 Å². The van der Waals surface area contributed by atoms with Gasteiger partial charge < -0.3 is 4.57 Å². The summed E-state index contributed by atoms with van der Waals surface area (Å²) in [5.74, 6) is 0. The third-order valence-corrected chi connectivity index (χ3v) is 2.66. The first kappa shape index (κ1) is 7.88. The molecule has 2 rings (SSSR count). The van der Waals surface area contributed by atoms with E-state index in [1.54, 1.807) is 12.5 Å². The summed E-state index contributed by atoms with van der Waals surface area (Å²) in [7, 11) is 0. The molecule has 0 aliphatic rings. The summed E-state index contributed by atoms with van der Waals surface area (Å²) in [6.45, 7) is 0.739. The van der Waals surface area contributed by atoms with Gasteiger partial charge in [0.05, 0.1) is 12.9 Å². The summed E-state index contributed by atoms with van der Waals surface area (Å²) >= 11 is 4.79. The summed E-state index contributed by atoms with van der Waals surface area (Å²) in [4.78, 5) is 3.93. The molecule has 0 bridgehead atoms. The first-order chi connectivity index (χ1) is 5.84. The minimum atomic E-state index is 0.739. The van der Waals surface area contributed by atoms with Crippen molar-refractivity contribution in [2.75, 3.05) is 0 Å². The van der Waals surface area contributed by atoms with Gasteiger partial charge in [-0.3, -0.25) is 0 Å². The normalized spacial score (nSPS) is 10.4. The maximum Gasteiger partial charge on any atom is 0.183 e. The third kappa shape index (κ3) is 1.70. The molecule has 62 valence electrons. The van der Waals surface area contributed by atoms with Crippen molar-refractivity contribution < 1.29 is 0 Å². The van der Waals surface area contributed by atoms with Gasteiger partial charge in [0.25, 0.3) is 0 Å². The average Bonchev–Trinajstić information content (AvgIpc) is 2.63. The van der Waals surface area contributed by atoms with Crippen LogP contribution < -0.4 is 0 Å². The molecular weight excluding hydrogens is 240 g/mol. The molecule has 2 heterocycles. The van der Waals surface area contributed by atoms with Crippen LogP contribution in [-0.2, 0) is 6.54 Å². The predicted molar refractivity (Wildman–Crippen MR) is 48.9 cm³/mol. The second kappa shape index (κ2) is 3.32. The standard InChI is InChI=1S/C6H5BrN4S/c7-6-10-9-5(12-6)3-11-2-1-8-4-11/h1-2,4H,3H2. The van der Waals surface area contributed by atoms with Crippen LogP contribution in [0.4, 0.5) is 0 Å². The molecule has 0 fully saturated rings. The van der Waals surface area contributed by atoms with Crippen LogP contribution in [0, 0.1) is 0 Å². The van der Waals surface area contributed by atoms with E-state index in [4.69, 9.17) is 0 Å². The number of nitrogens with zero attached hydrogens (tertiary/aromatic N) is 4. The number of aromatic nitrogens is 4. The van der Waals surface area contributed by atoms with Gasteiger partial charge >= 0.3 is 0 Å². The van der Waals surface area contributed by atoms with Gasteiger partial charge in [0.2, 0.25) is 0 Å². The molecular formula is C6H5BrN4S. The maximum atomic E-state index is 3.96. The van der Waals surface area contributed by atoms with Gasteiger partial charge in [-0.1, -0.05) is 11.3 Å². The van der Waals surface area contributed by atoms with E-state index < -0.39 is 0 Å². The van der Waals surface area contributed by atoms with Crippen molar-refractivity contribution in [1.82, 2.24) is 19.7 Å². The molecule has 6 heteroatoms. The molecule has 0 aromatic carbocycles. The van der Waals surface area contributed by atoms with Gasteiger partial charge in [0.15, 0.2) is 3.92 Å². The number of halogens is 1. The summed E-state index contributed by atoms with van der Waals surface area (Å²) in [5.41, 5.74) is 0. The van der Waals surface area contributed by atoms with Crippen LogP contribution in [0.3, 0.4) is 0 Å². The van der Waals surface area contributed by atoms with Gasteiger partial charge in [0, 0.05) is 12.4 Å². The van der Waals surface area contributed by atoms with Crippen LogP contribution in [0.5, 0.6) is 0 Å². The first-order valence-electron chi connectivity index (χ1n) is 3.28. The van der Waals surface area contributed by atoms with Crippen molar-refractivity contribution in [2.45, 2.75) is 6.54 Å². The Morgan fingerprint density at radius 2 is 2.42 bits per heavy atom. The fourth-order valence-electron chi connectivity index (χ4n) is 0.833. The van der Waals surface area contributed by atoms with Crippen LogP contribution >= 0.6 is 27.3 Å². The molecule has 0 N–H and O–H groups in total. The number of imidazole rings is 1. The van der Waals surface area contributed by atoms with E-state index in [0.29, 0.717) is 0 Å². The van der Waals surface area contributed by atoms with E-state index >= 15 is 0 Å². The van der Waals surface area contributed by atoms with Crippen LogP contribution in [0.25, 0.3) is 0 Å². The Morgan fingerprint density at radius 3 is 3.00 bits per heavy atom. The number of hydrogen-bond acceptors (Lipinski definition) is 4. The highest BCUT2D eigenvalue weighted by Crippen LogP contribution is 2.16. The molecule has 12 heavy (non-hydrogen) atoms. The highest BCUT2D eigenvalue weighted by Gasteiger charge is 2.00. The minimum Gasteiger partial charge on any atom is -0.331 e. The predicted octanol–water partition coefficient (Wildman–Crippen LogP) is 1.55. The van der Waals surface area contributed by atoms with E-state index in [2.05, 4.69) is 31.1 Å². The van der Waals surface area contributed by atoms with Crippen molar-refractivity contribution in [3.8, 4) is 0 Å². The quantitative estimate of drug-likeness (QED) is 0.806. The Hall–Kier alpha value is -0.750. The van der Waals surface area contributed by atoms with Gasteiger partial charge in [0.1, 0.15) is 5.01 Å². The lowest BCUT2D eigenvalue weighted by Crippen LogP contribution is -1.95. The van der Waals surface area contributed by atoms with Crippen LogP contribution in [-0.4, -0.2) is 19.7 Å². The molecule has 0 radical (unpaired) electrons. The fraction of sp³-hybridized carbons (Fsp3) is 0.167. The summed E-state index contributed by atoms with van der Waals surface area (Å²) in [6, 6.07) is 0. The lowest BCUT2D eigenvalue weighted by atomic mass is 10.6. The van der Waals surface area contributed by atoms with Crippen molar-refractivity contribution in [3.05, 3.63) is 27.6 Å². The summed E-state index contributed by atoms with van der Waals surface area (Å²) < 4.78 is 2.77. The zero-order valence-corrected chi connectivity index (χ0v) is 8.42. The van der Waals surface area contributed by atoms with E-state index in [1.165, 1.54) is 11.3 Å². The highest BCUT2D eigenvalue weighted by molar-refractivity contribution is 9.11. The minimum absolute atomic E-state index is 0.739. The monoisotopic (exact) mass is 244 g/mol. The zero-order valence-electron chi connectivity index (χ0n) is 6.01. The van der Waals surface area contributed by atoms with Gasteiger partial charge in [-0.25, -0.2) is 4.98 Å². The average molecular weight is 245 g/mol. The first-order valence-corrected chi connectivity index (χ1v) is 4.89. The van der Waals surface area contributed by atoms with E-state index in [1.807, 2.05) is 10.8 Å². The Balaban J connectivity index is 2.14. The lowest BCUT2D eigenvalue weighted by Gasteiger charge is -1.93. The van der Waals surface area contributed by atoms with Gasteiger partial charge in [-0.15, -0.1) is 10.2 Å². The molecule has 0 aliphatic carbocycles. The maximum absolute atomic E-state index is 3.96. The number of hydrogen-bond donors (Lipinski definition) is 0. The van der Waals surface area contributed by atoms with E-state index in [-0.39, 0.29) is 0 Å². The van der Waals surface area contributed by atoms with E-state index in [9.17, 15) is 0 Å². The summed E-state index contributed by atoms with van der Waals surface area (Å²) in [6.07, 6.45) is 5.40. The second-order valence-corrected chi connectivity index (χ2v) is 4.52. The SMILES string of the molecule is Brc1nnc(Cn2ccnc2)s1. The fourth-order valence-corrected chi connectivity index (χ4v) is 2.04. The van der Waals surface area contributed by atoms with Crippen molar-refractivity contribution in [1.29, 1.82) is 0 Å². The number of rotatable bonds is 2. The molecule has 2 aromatic heterocycles. The van der Waals surface area contributed by atoms with Crippen LogP contribution in [0.1, 0.15) is 5.01 Å². The Morgan fingerprint density at radius 1 is 1.50 bits per heavy atom. The molecule has 2 aromatic rings.